The van der Waals surface area contributed by atoms with Crippen LogP contribution in [0.1, 0.15) is 21.7 Å². The van der Waals surface area contributed by atoms with E-state index in [-0.39, 0.29) is 11.3 Å². The molecule has 106 valence electrons. The van der Waals surface area contributed by atoms with Gasteiger partial charge in [0.15, 0.2) is 11.5 Å². The van der Waals surface area contributed by atoms with E-state index in [0.29, 0.717) is 22.6 Å². The fourth-order valence-corrected chi connectivity index (χ4v) is 1.88. The fraction of sp³-hybridized carbons (Fsp3) is 0.125. The number of carbonyl (C=O) groups is 1. The number of hydrogen-bond donors (Lipinski definition) is 1. The van der Waals surface area contributed by atoms with Gasteiger partial charge < -0.3 is 14.3 Å². The first-order valence-corrected chi connectivity index (χ1v) is 6.14. The molecular weight excluding hydrogens is 270 g/mol. The summed E-state index contributed by atoms with van der Waals surface area (Å²) in [6.07, 6.45) is 2.81. The first kappa shape index (κ1) is 14.4. The van der Waals surface area contributed by atoms with E-state index in [2.05, 4.69) is 0 Å². The minimum atomic E-state index is -0.418. The molecule has 0 atom stereocenters. The van der Waals surface area contributed by atoms with Gasteiger partial charge in [0.1, 0.15) is 17.4 Å². The molecule has 2 rings (SSSR count). The number of hydrogen-bond acceptors (Lipinski definition) is 5. The summed E-state index contributed by atoms with van der Waals surface area (Å²) in [7, 11) is 1.44. The van der Waals surface area contributed by atoms with Crippen LogP contribution in [0.3, 0.4) is 0 Å². The largest absolute Gasteiger partial charge is 0.504 e. The summed E-state index contributed by atoms with van der Waals surface area (Å²) in [5.41, 5.74) is 0.837. The molecule has 2 aromatic rings. The van der Waals surface area contributed by atoms with Gasteiger partial charge in [0.05, 0.1) is 18.9 Å². The molecule has 1 heterocycles. The number of nitriles is 1. The van der Waals surface area contributed by atoms with Crippen LogP contribution in [-0.4, -0.2) is 18.0 Å². The Labute approximate surface area is 121 Å². The summed E-state index contributed by atoms with van der Waals surface area (Å²) in [4.78, 5) is 12.2. The van der Waals surface area contributed by atoms with Crippen LogP contribution in [0.4, 0.5) is 0 Å². The lowest BCUT2D eigenvalue weighted by Crippen LogP contribution is -2.02. The summed E-state index contributed by atoms with van der Waals surface area (Å²) in [5.74, 6) is 0.302. The average Bonchev–Trinajstić information content (AvgIpc) is 2.90. The second-order valence-electron chi connectivity index (χ2n) is 4.32. The number of aromatic hydroxyl groups is 1. The van der Waals surface area contributed by atoms with Crippen molar-refractivity contribution in [3.63, 3.8) is 0 Å². The SMILES string of the molecule is COc1ccc(/C=C(\C#N)C(=O)c2ccoc2C)cc1O. The van der Waals surface area contributed by atoms with E-state index in [1.807, 2.05) is 6.07 Å². The van der Waals surface area contributed by atoms with Gasteiger partial charge in [0, 0.05) is 0 Å². The molecule has 0 radical (unpaired) electrons. The van der Waals surface area contributed by atoms with E-state index in [4.69, 9.17) is 14.4 Å². The Balaban J connectivity index is 2.38. The van der Waals surface area contributed by atoms with E-state index in [1.54, 1.807) is 19.1 Å². The van der Waals surface area contributed by atoms with E-state index in [1.165, 1.54) is 31.6 Å². The molecule has 0 amide bonds. The maximum absolute atomic E-state index is 12.2. The standard InChI is InChI=1S/C16H13NO4/c1-10-13(5-6-21-10)16(19)12(9-17)7-11-3-4-15(20-2)14(18)8-11/h3-8,18H,1-2H3/b12-7+. The summed E-state index contributed by atoms with van der Waals surface area (Å²) in [5, 5.41) is 18.9. The Morgan fingerprint density at radius 3 is 2.71 bits per heavy atom. The van der Waals surface area contributed by atoms with Crippen molar-refractivity contribution < 1.29 is 19.1 Å². The number of carbonyl (C=O) groups excluding carboxylic acids is 1. The van der Waals surface area contributed by atoms with Crippen LogP contribution < -0.4 is 4.74 Å². The zero-order valence-electron chi connectivity index (χ0n) is 11.6. The zero-order valence-corrected chi connectivity index (χ0v) is 11.6. The number of furan rings is 1. The van der Waals surface area contributed by atoms with Crippen LogP contribution in [0.5, 0.6) is 11.5 Å². The van der Waals surface area contributed by atoms with Crippen molar-refractivity contribution >= 4 is 11.9 Å². The highest BCUT2D eigenvalue weighted by Gasteiger charge is 2.16. The van der Waals surface area contributed by atoms with Crippen LogP contribution in [-0.2, 0) is 0 Å². The Bertz CT molecular complexity index is 750. The minimum Gasteiger partial charge on any atom is -0.504 e. The Morgan fingerprint density at radius 1 is 1.43 bits per heavy atom. The van der Waals surface area contributed by atoms with Gasteiger partial charge in [-0.15, -0.1) is 0 Å². The van der Waals surface area contributed by atoms with Crippen LogP contribution >= 0.6 is 0 Å². The molecule has 0 aliphatic carbocycles. The Hall–Kier alpha value is -3.00. The van der Waals surface area contributed by atoms with Gasteiger partial charge in [-0.2, -0.15) is 5.26 Å². The number of phenolic OH excluding ortho intramolecular Hbond substituents is 1. The van der Waals surface area contributed by atoms with Crippen molar-refractivity contribution in [1.29, 1.82) is 5.26 Å². The van der Waals surface area contributed by atoms with E-state index >= 15 is 0 Å². The first-order chi connectivity index (χ1) is 10.1. The van der Waals surface area contributed by atoms with Crippen molar-refractivity contribution in [3.8, 4) is 17.6 Å². The highest BCUT2D eigenvalue weighted by Crippen LogP contribution is 2.27. The molecule has 5 nitrogen and oxygen atoms in total. The molecule has 1 N–H and O–H groups in total. The van der Waals surface area contributed by atoms with Gasteiger partial charge in [-0.25, -0.2) is 0 Å². The lowest BCUT2D eigenvalue weighted by Gasteiger charge is -2.04. The number of phenols is 1. The zero-order chi connectivity index (χ0) is 15.4. The van der Waals surface area contributed by atoms with Crippen molar-refractivity contribution in [2.45, 2.75) is 6.92 Å². The van der Waals surface area contributed by atoms with Crippen LogP contribution in [0.2, 0.25) is 0 Å². The molecule has 0 aliphatic rings. The minimum absolute atomic E-state index is 0.0379. The number of methoxy groups -OCH3 is 1. The van der Waals surface area contributed by atoms with Gasteiger partial charge in [-0.3, -0.25) is 4.79 Å². The maximum atomic E-state index is 12.2. The quantitative estimate of drug-likeness (QED) is 0.529. The Morgan fingerprint density at radius 2 is 2.19 bits per heavy atom. The second kappa shape index (κ2) is 5.97. The molecule has 21 heavy (non-hydrogen) atoms. The molecule has 0 saturated carbocycles. The molecule has 5 heteroatoms. The maximum Gasteiger partial charge on any atom is 0.207 e. The number of ketones is 1. The number of Topliss-reactive ketones (excluding diaryl/α,β-unsaturated/α-hetero) is 1. The van der Waals surface area contributed by atoms with Crippen molar-refractivity contribution in [2.75, 3.05) is 7.11 Å². The fourth-order valence-electron chi connectivity index (χ4n) is 1.88. The van der Waals surface area contributed by atoms with E-state index in [0.717, 1.165) is 0 Å². The molecule has 0 aliphatic heterocycles. The highest BCUT2D eigenvalue weighted by molar-refractivity contribution is 6.14. The normalized spacial score (nSPS) is 11.0. The topological polar surface area (TPSA) is 83.5 Å². The number of allylic oxidation sites excluding steroid dienone is 1. The van der Waals surface area contributed by atoms with Crippen molar-refractivity contribution in [3.05, 3.63) is 53.0 Å². The molecule has 0 spiro atoms. The third-order valence-electron chi connectivity index (χ3n) is 2.98. The number of rotatable bonds is 4. The van der Waals surface area contributed by atoms with E-state index in [9.17, 15) is 9.90 Å². The van der Waals surface area contributed by atoms with Crippen LogP contribution in [0, 0.1) is 18.3 Å². The molecule has 0 unspecified atom stereocenters. The van der Waals surface area contributed by atoms with Gasteiger partial charge in [0.2, 0.25) is 5.78 Å². The predicted octanol–water partition coefficient (Wildman–Crippen LogP) is 3.09. The number of nitrogens with zero attached hydrogens (tertiary/aromatic N) is 1. The average molecular weight is 283 g/mol. The second-order valence-corrected chi connectivity index (χ2v) is 4.32. The monoisotopic (exact) mass is 283 g/mol. The van der Waals surface area contributed by atoms with Gasteiger partial charge >= 0.3 is 0 Å². The van der Waals surface area contributed by atoms with Gasteiger partial charge in [-0.1, -0.05) is 6.07 Å². The molecule has 1 aromatic carbocycles. The van der Waals surface area contributed by atoms with Crippen LogP contribution in [0.25, 0.3) is 6.08 Å². The summed E-state index contributed by atoms with van der Waals surface area (Å²) in [6, 6.07) is 8.02. The molecule has 1 aromatic heterocycles. The lowest BCUT2D eigenvalue weighted by atomic mass is 10.0. The first-order valence-electron chi connectivity index (χ1n) is 6.14. The van der Waals surface area contributed by atoms with Crippen molar-refractivity contribution in [1.82, 2.24) is 0 Å². The highest BCUT2D eigenvalue weighted by atomic mass is 16.5. The van der Waals surface area contributed by atoms with Crippen molar-refractivity contribution in [2.24, 2.45) is 0 Å². The lowest BCUT2D eigenvalue weighted by molar-refractivity contribution is 0.103. The molecular formula is C16H13NO4. The smallest absolute Gasteiger partial charge is 0.207 e. The van der Waals surface area contributed by atoms with Gasteiger partial charge in [0.25, 0.3) is 0 Å². The number of aryl methyl sites for hydroxylation is 1. The number of ether oxygens (including phenoxy) is 1. The third-order valence-corrected chi connectivity index (χ3v) is 2.98. The van der Waals surface area contributed by atoms with E-state index < -0.39 is 5.78 Å². The Kier molecular flexibility index (Phi) is 4.10. The van der Waals surface area contributed by atoms with Gasteiger partial charge in [-0.05, 0) is 36.8 Å². The molecule has 0 saturated heterocycles. The van der Waals surface area contributed by atoms with Crippen LogP contribution in [0.15, 0.2) is 40.5 Å². The molecule has 0 bridgehead atoms. The summed E-state index contributed by atoms with van der Waals surface area (Å²) in [6.45, 7) is 1.65. The summed E-state index contributed by atoms with van der Waals surface area (Å²) >= 11 is 0. The predicted molar refractivity (Wildman–Crippen MR) is 76.0 cm³/mol. The third kappa shape index (κ3) is 2.95. The molecule has 0 fully saturated rings. The summed E-state index contributed by atoms with van der Waals surface area (Å²) < 4.78 is 10.0. The number of benzene rings is 1.